The highest BCUT2D eigenvalue weighted by atomic mass is 16.5. The second-order valence-corrected chi connectivity index (χ2v) is 7.85. The Kier molecular flexibility index (Phi) is 3.95. The van der Waals surface area contributed by atoms with Crippen molar-refractivity contribution >= 4 is 17.4 Å². The van der Waals surface area contributed by atoms with Crippen molar-refractivity contribution in [2.75, 3.05) is 31.1 Å². The molecule has 2 aromatic heterocycles. The predicted molar refractivity (Wildman–Crippen MR) is 96.8 cm³/mol. The minimum Gasteiger partial charge on any atom is -0.501 e. The molecule has 0 bridgehead atoms. The lowest BCUT2D eigenvalue weighted by Gasteiger charge is -2.29. The molecule has 9 heteroatoms. The molecule has 0 spiro atoms. The molecule has 4 heterocycles. The Morgan fingerprint density at radius 1 is 1.37 bits per heavy atom. The van der Waals surface area contributed by atoms with Gasteiger partial charge in [-0.3, -0.25) is 4.79 Å². The van der Waals surface area contributed by atoms with Crippen LogP contribution in [-0.2, 0) is 9.53 Å². The van der Waals surface area contributed by atoms with Crippen molar-refractivity contribution in [1.82, 2.24) is 30.6 Å². The van der Waals surface area contributed by atoms with Crippen molar-refractivity contribution in [2.45, 2.75) is 32.1 Å². The van der Waals surface area contributed by atoms with E-state index >= 15 is 0 Å². The van der Waals surface area contributed by atoms with Crippen LogP contribution in [0.5, 0.6) is 0 Å². The zero-order valence-corrected chi connectivity index (χ0v) is 15.2. The number of carbonyl (C=O) groups is 1. The molecule has 1 saturated carbocycles. The monoisotopic (exact) mass is 369 g/mol. The summed E-state index contributed by atoms with van der Waals surface area (Å²) in [5, 5.41) is 19.2. The summed E-state index contributed by atoms with van der Waals surface area (Å²) in [6.45, 7) is 3.27. The molecule has 0 aromatic carbocycles. The number of nitrogens with one attached hydrogen (secondary N) is 1. The van der Waals surface area contributed by atoms with Crippen LogP contribution < -0.4 is 10.2 Å². The molecule has 3 aliphatic rings. The molecular formula is C18H23N7O2. The standard InChI is InChI=1S/C18H23N7O2/c26-17(13-3-2-8-27-10-13)19-11-18-7-1-4-14(18)9-24(12-18)16-6-5-15-20-22-23-25(15)21-16/h5-6,10,14H,1-4,7-9,11-12H2,(H,19,26)/t14-,18-/m0/s1. The van der Waals surface area contributed by atoms with Gasteiger partial charge in [-0.25, -0.2) is 0 Å². The number of anilines is 1. The number of rotatable bonds is 4. The summed E-state index contributed by atoms with van der Waals surface area (Å²) >= 11 is 0. The number of carbonyl (C=O) groups excluding carboxylic acids is 1. The Bertz CT molecular complexity index is 895. The summed E-state index contributed by atoms with van der Waals surface area (Å²) < 4.78 is 6.77. The van der Waals surface area contributed by atoms with E-state index in [1.807, 2.05) is 12.1 Å². The number of amides is 1. The van der Waals surface area contributed by atoms with Crippen LogP contribution in [-0.4, -0.2) is 57.4 Å². The van der Waals surface area contributed by atoms with Gasteiger partial charge < -0.3 is 15.0 Å². The molecule has 0 unspecified atom stereocenters. The van der Waals surface area contributed by atoms with E-state index < -0.39 is 0 Å². The van der Waals surface area contributed by atoms with Crippen LogP contribution in [0.25, 0.3) is 5.65 Å². The van der Waals surface area contributed by atoms with E-state index in [0.29, 0.717) is 24.7 Å². The minimum atomic E-state index is 0.0152. The molecule has 0 radical (unpaired) electrons. The highest BCUT2D eigenvalue weighted by molar-refractivity contribution is 5.93. The van der Waals surface area contributed by atoms with Gasteiger partial charge in [0.2, 0.25) is 5.91 Å². The van der Waals surface area contributed by atoms with Crippen LogP contribution >= 0.6 is 0 Å². The second-order valence-electron chi connectivity index (χ2n) is 7.85. The van der Waals surface area contributed by atoms with Crippen LogP contribution in [0.3, 0.4) is 0 Å². The van der Waals surface area contributed by atoms with E-state index in [1.165, 1.54) is 17.5 Å². The molecule has 9 nitrogen and oxygen atoms in total. The lowest BCUT2D eigenvalue weighted by Crippen LogP contribution is -2.41. The van der Waals surface area contributed by atoms with Gasteiger partial charge in [0.25, 0.3) is 0 Å². The van der Waals surface area contributed by atoms with Crippen molar-refractivity contribution < 1.29 is 9.53 Å². The molecule has 2 aromatic rings. The first-order valence-electron chi connectivity index (χ1n) is 9.63. The average molecular weight is 369 g/mol. The fraction of sp³-hybridized carbons (Fsp3) is 0.611. The van der Waals surface area contributed by atoms with E-state index in [2.05, 4.69) is 30.8 Å². The summed E-state index contributed by atoms with van der Waals surface area (Å²) in [6, 6.07) is 3.86. The fourth-order valence-corrected chi connectivity index (χ4v) is 4.79. The largest absolute Gasteiger partial charge is 0.501 e. The molecule has 1 N–H and O–H groups in total. The number of hydrogen-bond donors (Lipinski definition) is 1. The summed E-state index contributed by atoms with van der Waals surface area (Å²) in [5.41, 5.74) is 1.51. The van der Waals surface area contributed by atoms with Gasteiger partial charge in [-0.2, -0.15) is 0 Å². The van der Waals surface area contributed by atoms with E-state index in [0.717, 1.165) is 43.7 Å². The molecule has 5 rings (SSSR count). The first-order valence-corrected chi connectivity index (χ1v) is 9.63. The molecule has 1 aliphatic carbocycles. The van der Waals surface area contributed by atoms with Crippen LogP contribution in [0.15, 0.2) is 24.0 Å². The van der Waals surface area contributed by atoms with Gasteiger partial charge in [-0.05, 0) is 54.2 Å². The summed E-state index contributed by atoms with van der Waals surface area (Å²) in [5.74, 6) is 1.47. The van der Waals surface area contributed by atoms with Crippen molar-refractivity contribution in [3.05, 3.63) is 24.0 Å². The Morgan fingerprint density at radius 2 is 2.33 bits per heavy atom. The zero-order valence-electron chi connectivity index (χ0n) is 15.2. The van der Waals surface area contributed by atoms with E-state index in [-0.39, 0.29) is 11.3 Å². The Labute approximate surface area is 156 Å². The highest BCUT2D eigenvalue weighted by Crippen LogP contribution is 2.49. The van der Waals surface area contributed by atoms with Gasteiger partial charge in [0.15, 0.2) is 11.5 Å². The number of hydrogen-bond acceptors (Lipinski definition) is 7. The molecule has 27 heavy (non-hydrogen) atoms. The normalized spacial score (nSPS) is 27.3. The van der Waals surface area contributed by atoms with Gasteiger partial charge >= 0.3 is 0 Å². The number of nitrogens with zero attached hydrogens (tertiary/aromatic N) is 6. The third kappa shape index (κ3) is 2.90. The van der Waals surface area contributed by atoms with E-state index in [9.17, 15) is 4.79 Å². The molecule has 2 fully saturated rings. The Hall–Kier alpha value is -2.71. The third-order valence-electron chi connectivity index (χ3n) is 6.25. The molecule has 1 saturated heterocycles. The predicted octanol–water partition coefficient (Wildman–Crippen LogP) is 0.936. The minimum absolute atomic E-state index is 0.0152. The number of aromatic nitrogens is 5. The molecule has 142 valence electrons. The Balaban J connectivity index is 1.31. The topological polar surface area (TPSA) is 97.5 Å². The van der Waals surface area contributed by atoms with Gasteiger partial charge in [0.05, 0.1) is 18.4 Å². The summed E-state index contributed by atoms with van der Waals surface area (Å²) in [6.07, 6.45) is 6.88. The molecule has 2 aliphatic heterocycles. The number of tetrazole rings is 1. The second kappa shape index (κ2) is 6.47. The maximum atomic E-state index is 12.5. The van der Waals surface area contributed by atoms with Gasteiger partial charge in [-0.15, -0.1) is 14.8 Å². The maximum Gasteiger partial charge on any atom is 0.250 e. The van der Waals surface area contributed by atoms with Crippen LogP contribution in [0.4, 0.5) is 5.82 Å². The maximum absolute atomic E-state index is 12.5. The molecule has 2 atom stereocenters. The molecular weight excluding hydrogens is 346 g/mol. The van der Waals surface area contributed by atoms with Crippen molar-refractivity contribution in [1.29, 1.82) is 0 Å². The van der Waals surface area contributed by atoms with Crippen molar-refractivity contribution in [3.8, 4) is 0 Å². The lowest BCUT2D eigenvalue weighted by molar-refractivity contribution is -0.118. The van der Waals surface area contributed by atoms with Crippen molar-refractivity contribution in [3.63, 3.8) is 0 Å². The van der Waals surface area contributed by atoms with Gasteiger partial charge in [0.1, 0.15) is 0 Å². The first-order chi connectivity index (χ1) is 13.2. The zero-order chi connectivity index (χ0) is 18.3. The van der Waals surface area contributed by atoms with Gasteiger partial charge in [-0.1, -0.05) is 6.42 Å². The fourth-order valence-electron chi connectivity index (χ4n) is 4.79. The lowest BCUT2D eigenvalue weighted by atomic mass is 9.80. The quantitative estimate of drug-likeness (QED) is 0.856. The Morgan fingerprint density at radius 3 is 3.22 bits per heavy atom. The summed E-state index contributed by atoms with van der Waals surface area (Å²) in [7, 11) is 0. The van der Waals surface area contributed by atoms with E-state index in [4.69, 9.17) is 4.74 Å². The molecule has 1 amide bonds. The van der Waals surface area contributed by atoms with Gasteiger partial charge in [0, 0.05) is 25.0 Å². The van der Waals surface area contributed by atoms with Crippen LogP contribution in [0.1, 0.15) is 32.1 Å². The van der Waals surface area contributed by atoms with E-state index in [1.54, 1.807) is 6.26 Å². The van der Waals surface area contributed by atoms with Crippen LogP contribution in [0.2, 0.25) is 0 Å². The highest BCUT2D eigenvalue weighted by Gasteiger charge is 2.49. The van der Waals surface area contributed by atoms with Crippen molar-refractivity contribution in [2.24, 2.45) is 11.3 Å². The smallest absolute Gasteiger partial charge is 0.250 e. The first kappa shape index (κ1) is 16.5. The third-order valence-corrected chi connectivity index (χ3v) is 6.25. The average Bonchev–Trinajstić information content (AvgIpc) is 3.40. The number of ether oxygens (including phenoxy) is 1. The van der Waals surface area contributed by atoms with Crippen LogP contribution in [0, 0.1) is 11.3 Å². The number of fused-ring (bicyclic) bond motifs is 2. The summed E-state index contributed by atoms with van der Waals surface area (Å²) in [4.78, 5) is 14.8. The SMILES string of the molecule is O=C(NC[C@]12CCC[C@H]1CN(c1ccc3nnnn3n1)C2)C1=COCCC1.